The molecular formula is C17H17NO5. The third-order valence-corrected chi connectivity index (χ3v) is 3.11. The first-order chi connectivity index (χ1) is 11.1. The lowest BCUT2D eigenvalue weighted by atomic mass is 10.2. The SMILES string of the molecule is COc1ccc(OCC(=O)NCc2ccccc2)c(C(=O)O)c1. The molecular weight excluding hydrogens is 298 g/mol. The first-order valence-corrected chi connectivity index (χ1v) is 6.95. The Bertz CT molecular complexity index is 685. The van der Waals surface area contributed by atoms with Gasteiger partial charge in [-0.15, -0.1) is 0 Å². The van der Waals surface area contributed by atoms with Crippen LogP contribution in [-0.4, -0.2) is 30.7 Å². The van der Waals surface area contributed by atoms with Crippen LogP contribution in [0.25, 0.3) is 0 Å². The average Bonchev–Trinajstić information content (AvgIpc) is 2.58. The van der Waals surface area contributed by atoms with Crippen LogP contribution in [0.1, 0.15) is 15.9 Å². The fourth-order valence-electron chi connectivity index (χ4n) is 1.92. The summed E-state index contributed by atoms with van der Waals surface area (Å²) in [4.78, 5) is 23.0. The molecule has 0 saturated heterocycles. The minimum Gasteiger partial charge on any atom is -0.497 e. The number of methoxy groups -OCH3 is 1. The van der Waals surface area contributed by atoms with Crippen molar-refractivity contribution in [3.8, 4) is 11.5 Å². The monoisotopic (exact) mass is 315 g/mol. The quantitative estimate of drug-likeness (QED) is 0.817. The predicted molar refractivity (Wildman–Crippen MR) is 83.7 cm³/mol. The molecule has 0 aliphatic rings. The molecule has 6 heteroatoms. The largest absolute Gasteiger partial charge is 0.497 e. The van der Waals surface area contributed by atoms with Gasteiger partial charge in [-0.2, -0.15) is 0 Å². The number of nitrogens with one attached hydrogen (secondary N) is 1. The highest BCUT2D eigenvalue weighted by Gasteiger charge is 2.14. The van der Waals surface area contributed by atoms with E-state index in [1.54, 1.807) is 6.07 Å². The molecule has 0 unspecified atom stereocenters. The van der Waals surface area contributed by atoms with Crippen LogP contribution in [0, 0.1) is 0 Å². The number of carbonyl (C=O) groups excluding carboxylic acids is 1. The first kappa shape index (κ1) is 16.4. The molecule has 23 heavy (non-hydrogen) atoms. The summed E-state index contributed by atoms with van der Waals surface area (Å²) in [6.45, 7) is 0.122. The number of aromatic carboxylic acids is 1. The van der Waals surface area contributed by atoms with Crippen LogP contribution in [0.4, 0.5) is 0 Å². The molecule has 120 valence electrons. The molecule has 2 N–H and O–H groups in total. The lowest BCUT2D eigenvalue weighted by Crippen LogP contribution is -2.28. The molecule has 0 fully saturated rings. The van der Waals surface area contributed by atoms with Crippen LogP contribution < -0.4 is 14.8 Å². The summed E-state index contributed by atoms with van der Waals surface area (Å²) < 4.78 is 10.3. The van der Waals surface area contributed by atoms with E-state index in [-0.39, 0.29) is 23.8 Å². The van der Waals surface area contributed by atoms with Gasteiger partial charge in [0.05, 0.1) is 7.11 Å². The Morgan fingerprint density at radius 1 is 1.13 bits per heavy atom. The minimum absolute atomic E-state index is 0.0554. The van der Waals surface area contributed by atoms with Crippen molar-refractivity contribution in [1.29, 1.82) is 0 Å². The van der Waals surface area contributed by atoms with Gasteiger partial charge >= 0.3 is 5.97 Å². The number of carboxylic acid groups (broad SMARTS) is 1. The molecule has 2 aromatic carbocycles. The van der Waals surface area contributed by atoms with Crippen molar-refractivity contribution in [2.24, 2.45) is 0 Å². The Balaban J connectivity index is 1.92. The van der Waals surface area contributed by atoms with Crippen molar-refractivity contribution >= 4 is 11.9 Å². The highest BCUT2D eigenvalue weighted by Crippen LogP contribution is 2.24. The van der Waals surface area contributed by atoms with Gasteiger partial charge in [0.2, 0.25) is 0 Å². The zero-order chi connectivity index (χ0) is 16.7. The molecule has 1 amide bonds. The van der Waals surface area contributed by atoms with Gasteiger partial charge in [-0.05, 0) is 23.8 Å². The standard InChI is InChI=1S/C17H17NO5/c1-22-13-7-8-15(14(9-13)17(20)21)23-11-16(19)18-10-12-5-3-2-4-6-12/h2-9H,10-11H2,1H3,(H,18,19)(H,20,21). The zero-order valence-corrected chi connectivity index (χ0v) is 12.6. The average molecular weight is 315 g/mol. The highest BCUT2D eigenvalue weighted by molar-refractivity contribution is 5.91. The Morgan fingerprint density at radius 2 is 1.87 bits per heavy atom. The van der Waals surface area contributed by atoms with E-state index >= 15 is 0 Å². The molecule has 0 aromatic heterocycles. The molecule has 0 heterocycles. The number of ether oxygens (including phenoxy) is 2. The number of hydrogen-bond acceptors (Lipinski definition) is 4. The number of rotatable bonds is 7. The van der Waals surface area contributed by atoms with Gasteiger partial charge < -0.3 is 19.9 Å². The first-order valence-electron chi connectivity index (χ1n) is 6.95. The summed E-state index contributed by atoms with van der Waals surface area (Å²) in [5.41, 5.74) is 0.914. The molecule has 2 aromatic rings. The Hall–Kier alpha value is -3.02. The van der Waals surface area contributed by atoms with E-state index in [4.69, 9.17) is 14.6 Å². The fraction of sp³-hybridized carbons (Fsp3) is 0.176. The van der Waals surface area contributed by atoms with Crippen LogP contribution in [0.3, 0.4) is 0 Å². The van der Waals surface area contributed by atoms with E-state index in [9.17, 15) is 9.59 Å². The highest BCUT2D eigenvalue weighted by atomic mass is 16.5. The molecule has 0 bridgehead atoms. The predicted octanol–water partition coefficient (Wildman–Crippen LogP) is 2.09. The van der Waals surface area contributed by atoms with Gasteiger partial charge in [0, 0.05) is 6.54 Å². The van der Waals surface area contributed by atoms with E-state index in [1.807, 2.05) is 30.3 Å². The Labute approximate surface area is 133 Å². The lowest BCUT2D eigenvalue weighted by molar-refractivity contribution is -0.123. The maximum atomic E-state index is 11.8. The maximum absolute atomic E-state index is 11.8. The molecule has 0 saturated carbocycles. The Kier molecular flexibility index (Phi) is 5.57. The fourth-order valence-corrected chi connectivity index (χ4v) is 1.92. The second kappa shape index (κ2) is 7.84. The van der Waals surface area contributed by atoms with Gasteiger partial charge in [-0.3, -0.25) is 4.79 Å². The van der Waals surface area contributed by atoms with Crippen LogP contribution in [0.5, 0.6) is 11.5 Å². The Morgan fingerprint density at radius 3 is 2.52 bits per heavy atom. The van der Waals surface area contributed by atoms with E-state index in [2.05, 4.69) is 5.32 Å². The minimum atomic E-state index is -1.15. The summed E-state index contributed by atoms with van der Waals surface area (Å²) in [7, 11) is 1.44. The van der Waals surface area contributed by atoms with Crippen molar-refractivity contribution in [1.82, 2.24) is 5.32 Å². The number of hydrogen-bond donors (Lipinski definition) is 2. The number of carbonyl (C=O) groups is 2. The second-order valence-corrected chi connectivity index (χ2v) is 4.72. The smallest absolute Gasteiger partial charge is 0.339 e. The van der Waals surface area contributed by atoms with Crippen LogP contribution in [-0.2, 0) is 11.3 Å². The summed E-state index contributed by atoms with van der Waals surface area (Å²) in [6, 6.07) is 13.8. The van der Waals surface area contributed by atoms with Crippen molar-refractivity contribution < 1.29 is 24.2 Å². The van der Waals surface area contributed by atoms with E-state index < -0.39 is 5.97 Å². The van der Waals surface area contributed by atoms with Crippen molar-refractivity contribution in [3.05, 3.63) is 59.7 Å². The molecule has 6 nitrogen and oxygen atoms in total. The summed E-state index contributed by atoms with van der Waals surface area (Å²) >= 11 is 0. The van der Waals surface area contributed by atoms with E-state index in [0.717, 1.165) is 5.56 Å². The summed E-state index contributed by atoms with van der Waals surface area (Å²) in [6.07, 6.45) is 0. The third kappa shape index (κ3) is 4.74. The second-order valence-electron chi connectivity index (χ2n) is 4.72. The topological polar surface area (TPSA) is 84.9 Å². The van der Waals surface area contributed by atoms with E-state index in [1.165, 1.54) is 19.2 Å². The molecule has 0 atom stereocenters. The van der Waals surface area contributed by atoms with Gasteiger partial charge in [-0.25, -0.2) is 4.79 Å². The molecule has 0 aliphatic carbocycles. The van der Waals surface area contributed by atoms with Crippen molar-refractivity contribution in [2.75, 3.05) is 13.7 Å². The van der Waals surface area contributed by atoms with Gasteiger partial charge in [0.25, 0.3) is 5.91 Å². The van der Waals surface area contributed by atoms with Crippen molar-refractivity contribution in [3.63, 3.8) is 0 Å². The van der Waals surface area contributed by atoms with Gasteiger partial charge in [0.15, 0.2) is 6.61 Å². The van der Waals surface area contributed by atoms with Gasteiger partial charge in [-0.1, -0.05) is 30.3 Å². The summed E-state index contributed by atoms with van der Waals surface area (Å²) in [5.74, 6) is -0.957. The zero-order valence-electron chi connectivity index (χ0n) is 12.6. The normalized spacial score (nSPS) is 9.96. The van der Waals surface area contributed by atoms with Gasteiger partial charge in [0.1, 0.15) is 17.1 Å². The molecule has 0 spiro atoms. The third-order valence-electron chi connectivity index (χ3n) is 3.11. The lowest BCUT2D eigenvalue weighted by Gasteiger charge is -2.11. The number of carboxylic acids is 1. The summed E-state index contributed by atoms with van der Waals surface area (Å²) in [5, 5.41) is 11.9. The molecule has 0 radical (unpaired) electrons. The van der Waals surface area contributed by atoms with Crippen molar-refractivity contribution in [2.45, 2.75) is 6.54 Å². The molecule has 2 rings (SSSR count). The molecule has 0 aliphatic heterocycles. The number of amides is 1. The van der Waals surface area contributed by atoms with Crippen LogP contribution >= 0.6 is 0 Å². The van der Waals surface area contributed by atoms with E-state index in [0.29, 0.717) is 12.3 Å². The van der Waals surface area contributed by atoms with Crippen LogP contribution in [0.15, 0.2) is 48.5 Å². The van der Waals surface area contributed by atoms with Crippen LogP contribution in [0.2, 0.25) is 0 Å². The maximum Gasteiger partial charge on any atom is 0.339 e. The number of benzene rings is 2.